The van der Waals surface area contributed by atoms with E-state index < -0.39 is 0 Å². The Hall–Kier alpha value is -0.740. The van der Waals surface area contributed by atoms with Crippen LogP contribution < -0.4 is 0 Å². The Morgan fingerprint density at radius 2 is 2.12 bits per heavy atom. The maximum Gasteiger partial charge on any atom is -0.0142 e. The van der Waals surface area contributed by atoms with Crippen LogP contribution in [-0.2, 0) is 0 Å². The van der Waals surface area contributed by atoms with Crippen molar-refractivity contribution in [1.82, 2.24) is 0 Å². The summed E-state index contributed by atoms with van der Waals surface area (Å²) in [7, 11) is 0. The average Bonchev–Trinajstić information content (AvgIpc) is 2.16. The van der Waals surface area contributed by atoms with Crippen molar-refractivity contribution in [3.63, 3.8) is 0 Å². The highest BCUT2D eigenvalue weighted by Crippen LogP contribution is 2.42. The molecule has 0 heteroatoms. The Kier molecular flexibility index (Phi) is 4.62. The van der Waals surface area contributed by atoms with Crippen LogP contribution >= 0.6 is 0 Å². The molecule has 0 N–H and O–H groups in total. The highest BCUT2D eigenvalue weighted by Gasteiger charge is 2.27. The third-order valence-electron chi connectivity index (χ3n) is 3.83. The molecule has 0 saturated heterocycles. The van der Waals surface area contributed by atoms with Crippen LogP contribution in [-0.4, -0.2) is 0 Å². The molecule has 0 unspecified atom stereocenters. The molecule has 0 aromatic rings. The summed E-state index contributed by atoms with van der Waals surface area (Å²) in [6, 6.07) is 0. The van der Waals surface area contributed by atoms with Gasteiger partial charge in [-0.1, -0.05) is 25.0 Å². The Morgan fingerprint density at radius 1 is 1.44 bits per heavy atom. The summed E-state index contributed by atoms with van der Waals surface area (Å²) >= 11 is 0. The summed E-state index contributed by atoms with van der Waals surface area (Å²) in [4.78, 5) is 0. The fraction of sp³-hybridized carbons (Fsp3) is 0.688. The average molecular weight is 218 g/mol. The van der Waals surface area contributed by atoms with E-state index in [1.54, 1.807) is 11.1 Å². The van der Waals surface area contributed by atoms with E-state index in [-0.39, 0.29) is 0 Å². The van der Waals surface area contributed by atoms with Gasteiger partial charge in [-0.25, -0.2) is 0 Å². The largest absolute Gasteiger partial charge is 0.127 e. The van der Waals surface area contributed by atoms with Gasteiger partial charge >= 0.3 is 0 Å². The van der Waals surface area contributed by atoms with Crippen LogP contribution in [0.15, 0.2) is 28.5 Å². The number of allylic oxidation sites excluding steroid dienone is 3. The lowest BCUT2D eigenvalue weighted by Gasteiger charge is -2.34. The Bertz CT molecular complexity index is 333. The normalized spacial score (nSPS) is 19.3. The van der Waals surface area contributed by atoms with Gasteiger partial charge in [0.05, 0.1) is 0 Å². The molecule has 0 radical (unpaired) electrons. The van der Waals surface area contributed by atoms with Gasteiger partial charge in [-0.2, -0.15) is 0 Å². The molecule has 0 bridgehead atoms. The first-order valence-electron chi connectivity index (χ1n) is 6.53. The molecule has 0 fully saturated rings. The third-order valence-corrected chi connectivity index (χ3v) is 3.83. The maximum absolute atomic E-state index is 3.30. The molecule has 0 aromatic carbocycles. The zero-order valence-electron chi connectivity index (χ0n) is 11.6. The smallest absolute Gasteiger partial charge is 0.0142 e. The van der Waals surface area contributed by atoms with Crippen molar-refractivity contribution in [1.29, 1.82) is 0 Å². The molecule has 16 heavy (non-hydrogen) atoms. The van der Waals surface area contributed by atoms with E-state index in [1.807, 2.05) is 13.0 Å². The Morgan fingerprint density at radius 3 is 2.69 bits per heavy atom. The maximum atomic E-state index is 3.30. The predicted octanol–water partition coefficient (Wildman–Crippen LogP) is 5.41. The topological polar surface area (TPSA) is 0 Å². The molecule has 1 rings (SSSR count). The standard InChI is InChI=1S/C16H26/c1-6-8-13(2)10-11-15-14(3)9-7-12-16(15,4)5/h6H,7,9-12H2,1-5H3. The van der Waals surface area contributed by atoms with Crippen molar-refractivity contribution in [2.24, 2.45) is 5.41 Å². The monoisotopic (exact) mass is 218 g/mol. The molecule has 0 nitrogen and oxygen atoms in total. The number of hydrogen-bond acceptors (Lipinski definition) is 0. The summed E-state index contributed by atoms with van der Waals surface area (Å²) in [5, 5.41) is 0. The highest BCUT2D eigenvalue weighted by atomic mass is 14.3. The second kappa shape index (κ2) is 5.55. The van der Waals surface area contributed by atoms with E-state index in [0.717, 1.165) is 0 Å². The first-order valence-corrected chi connectivity index (χ1v) is 6.53. The summed E-state index contributed by atoms with van der Waals surface area (Å²) in [5.74, 6) is 0. The number of hydrogen-bond donors (Lipinski definition) is 0. The second-order valence-electron chi connectivity index (χ2n) is 5.71. The molecular weight excluding hydrogens is 192 g/mol. The van der Waals surface area contributed by atoms with Crippen LogP contribution in [0.4, 0.5) is 0 Å². The first-order chi connectivity index (χ1) is 7.47. The lowest BCUT2D eigenvalue weighted by Crippen LogP contribution is -2.20. The van der Waals surface area contributed by atoms with Crippen LogP contribution in [0.5, 0.6) is 0 Å². The summed E-state index contributed by atoms with van der Waals surface area (Å²) in [5.41, 5.74) is 8.45. The van der Waals surface area contributed by atoms with E-state index >= 15 is 0 Å². The van der Waals surface area contributed by atoms with Crippen LogP contribution in [0.3, 0.4) is 0 Å². The van der Waals surface area contributed by atoms with Crippen molar-refractivity contribution in [3.05, 3.63) is 28.5 Å². The zero-order valence-corrected chi connectivity index (χ0v) is 11.6. The van der Waals surface area contributed by atoms with E-state index in [2.05, 4.69) is 33.4 Å². The van der Waals surface area contributed by atoms with E-state index in [4.69, 9.17) is 0 Å². The van der Waals surface area contributed by atoms with Crippen molar-refractivity contribution in [2.75, 3.05) is 0 Å². The van der Waals surface area contributed by atoms with E-state index in [9.17, 15) is 0 Å². The summed E-state index contributed by atoms with van der Waals surface area (Å²) < 4.78 is 0. The van der Waals surface area contributed by atoms with Gasteiger partial charge in [0.2, 0.25) is 0 Å². The van der Waals surface area contributed by atoms with E-state index in [1.165, 1.54) is 37.7 Å². The minimum absolute atomic E-state index is 0.429. The molecule has 0 aliphatic heterocycles. The molecule has 1 aliphatic rings. The molecule has 0 spiro atoms. The van der Waals surface area contributed by atoms with Gasteiger partial charge in [0, 0.05) is 0 Å². The van der Waals surface area contributed by atoms with Gasteiger partial charge in [-0.05, 0) is 69.9 Å². The van der Waals surface area contributed by atoms with Crippen molar-refractivity contribution >= 4 is 0 Å². The number of rotatable bonds is 3. The summed E-state index contributed by atoms with van der Waals surface area (Å²) in [6.45, 7) is 11.4. The van der Waals surface area contributed by atoms with Gasteiger partial charge in [0.25, 0.3) is 0 Å². The lowest BCUT2D eigenvalue weighted by atomic mass is 9.71. The van der Waals surface area contributed by atoms with Crippen LogP contribution in [0, 0.1) is 5.41 Å². The minimum atomic E-state index is 0.429. The Labute approximate surface area is 101 Å². The molecule has 0 aromatic heterocycles. The molecule has 0 amide bonds. The molecular formula is C16H26. The van der Waals surface area contributed by atoms with Crippen molar-refractivity contribution in [3.8, 4) is 0 Å². The van der Waals surface area contributed by atoms with Crippen LogP contribution in [0.1, 0.15) is 66.7 Å². The first kappa shape index (κ1) is 13.3. The quantitative estimate of drug-likeness (QED) is 0.438. The molecule has 0 saturated carbocycles. The predicted molar refractivity (Wildman–Crippen MR) is 72.5 cm³/mol. The Balaban J connectivity index is 2.75. The second-order valence-corrected chi connectivity index (χ2v) is 5.71. The molecule has 0 heterocycles. The summed E-state index contributed by atoms with van der Waals surface area (Å²) in [6.07, 6.45) is 8.44. The van der Waals surface area contributed by atoms with Gasteiger partial charge in [0.15, 0.2) is 0 Å². The zero-order chi connectivity index (χ0) is 12.2. The van der Waals surface area contributed by atoms with Gasteiger partial charge in [0.1, 0.15) is 0 Å². The fourth-order valence-corrected chi connectivity index (χ4v) is 2.86. The SMILES string of the molecule is CC=C=C(C)CCC1=C(C)CCCC1(C)C. The third kappa shape index (κ3) is 3.39. The van der Waals surface area contributed by atoms with Crippen molar-refractivity contribution < 1.29 is 0 Å². The molecule has 0 atom stereocenters. The van der Waals surface area contributed by atoms with Crippen LogP contribution in [0.25, 0.3) is 0 Å². The van der Waals surface area contributed by atoms with E-state index in [0.29, 0.717) is 5.41 Å². The van der Waals surface area contributed by atoms with Gasteiger partial charge < -0.3 is 0 Å². The van der Waals surface area contributed by atoms with Crippen LogP contribution in [0.2, 0.25) is 0 Å². The fourth-order valence-electron chi connectivity index (χ4n) is 2.86. The minimum Gasteiger partial charge on any atom is -0.127 e. The molecule has 1 aliphatic carbocycles. The molecule has 90 valence electrons. The van der Waals surface area contributed by atoms with Gasteiger partial charge in [-0.15, -0.1) is 5.73 Å². The van der Waals surface area contributed by atoms with Gasteiger partial charge in [-0.3, -0.25) is 0 Å². The van der Waals surface area contributed by atoms with Crippen molar-refractivity contribution in [2.45, 2.75) is 66.7 Å². The lowest BCUT2D eigenvalue weighted by molar-refractivity contribution is 0.354. The highest BCUT2D eigenvalue weighted by molar-refractivity contribution is 5.23.